The number of imide groups is 1. The van der Waals surface area contributed by atoms with Crippen molar-refractivity contribution in [3.8, 4) is 0 Å². The van der Waals surface area contributed by atoms with E-state index in [0.717, 1.165) is 46.8 Å². The number of hydrogen-bond acceptors (Lipinski definition) is 2. The number of aromatic nitrogens is 2. The molecule has 2 aliphatic rings. The van der Waals surface area contributed by atoms with Crippen LogP contribution in [0.25, 0.3) is 21.8 Å². The molecule has 0 saturated carbocycles. The van der Waals surface area contributed by atoms with Gasteiger partial charge in [0.15, 0.2) is 0 Å². The molecule has 5 heteroatoms. The number of amides is 2. The smallest absolute Gasteiger partial charge is 0.235 e. The maximum Gasteiger partial charge on any atom is 0.235 e. The van der Waals surface area contributed by atoms with E-state index in [-0.39, 0.29) is 14.7 Å². The molecule has 2 amide bonds. The number of para-hydroxylation sites is 2. The van der Waals surface area contributed by atoms with E-state index in [4.69, 9.17) is 0 Å². The fourth-order valence-corrected chi connectivity index (χ4v) is 5.10. The third kappa shape index (κ3) is 2.01. The summed E-state index contributed by atoms with van der Waals surface area (Å²) in [5, 5.41) is 4.68. The van der Waals surface area contributed by atoms with Crippen LogP contribution in [0.3, 0.4) is 0 Å². The van der Waals surface area contributed by atoms with Crippen molar-refractivity contribution in [3.05, 3.63) is 71.5 Å². The van der Waals surface area contributed by atoms with E-state index in [1.54, 1.807) is 0 Å². The minimum absolute atomic E-state index is 0. The van der Waals surface area contributed by atoms with E-state index in [2.05, 4.69) is 39.3 Å². The number of nitrogens with one attached hydrogen (secondary N) is 2. The maximum absolute atomic E-state index is 12.9. The first-order valence-electron chi connectivity index (χ1n) is 9.74. The molecule has 0 unspecified atom stereocenters. The van der Waals surface area contributed by atoms with E-state index in [0.29, 0.717) is 0 Å². The molecule has 0 bridgehead atoms. The summed E-state index contributed by atoms with van der Waals surface area (Å²) in [7, 11) is 0. The van der Waals surface area contributed by atoms with Gasteiger partial charge in [-0.3, -0.25) is 14.9 Å². The number of carbonyl (C=O) groups excluding carboxylic acids is 2. The molecule has 6 rings (SSSR count). The van der Waals surface area contributed by atoms with Crippen LogP contribution in [-0.4, -0.2) is 21.4 Å². The topological polar surface area (TPSA) is 66.9 Å². The van der Waals surface area contributed by atoms with Gasteiger partial charge in [0, 0.05) is 38.1 Å². The van der Waals surface area contributed by atoms with Gasteiger partial charge in [-0.2, -0.15) is 0 Å². The lowest BCUT2D eigenvalue weighted by Gasteiger charge is -2.15. The molecule has 5 nitrogen and oxygen atoms in total. The van der Waals surface area contributed by atoms with Crippen LogP contribution in [0.5, 0.6) is 0 Å². The highest BCUT2D eigenvalue weighted by Crippen LogP contribution is 2.44. The lowest BCUT2D eigenvalue weighted by Crippen LogP contribution is -2.21. The summed E-state index contributed by atoms with van der Waals surface area (Å²) in [6.07, 6.45) is 6.13. The quantitative estimate of drug-likeness (QED) is 0.520. The monoisotopic (exact) mass is 373 g/mol. The first-order chi connectivity index (χ1) is 13.7. The Bertz CT molecular complexity index is 1290. The van der Waals surface area contributed by atoms with Gasteiger partial charge in [-0.25, -0.2) is 0 Å². The number of nitrogens with zero attached hydrogens (tertiary/aromatic N) is 1. The lowest BCUT2D eigenvalue weighted by molar-refractivity contribution is -0.125. The Balaban J connectivity index is 0.00000109. The largest absolute Gasteiger partial charge is 0.361 e. The average molecular weight is 373 g/mol. The van der Waals surface area contributed by atoms with E-state index in [1.807, 2.05) is 30.5 Å². The van der Waals surface area contributed by atoms with Gasteiger partial charge >= 0.3 is 0 Å². The number of carbonyl (C=O) groups is 2. The van der Waals surface area contributed by atoms with Crippen molar-refractivity contribution < 1.29 is 12.4 Å². The van der Waals surface area contributed by atoms with Crippen molar-refractivity contribution in [3.63, 3.8) is 0 Å². The molecule has 0 spiro atoms. The molecular formula is C23H23N3O2. The first kappa shape index (κ1) is 15.7. The Labute approximate surface area is 164 Å². The molecule has 0 aliphatic carbocycles. The highest BCUT2D eigenvalue weighted by Gasteiger charge is 2.45. The third-order valence-electron chi connectivity index (χ3n) is 6.29. The predicted molar refractivity (Wildman–Crippen MR) is 111 cm³/mol. The van der Waals surface area contributed by atoms with Crippen LogP contribution in [0.4, 0.5) is 0 Å². The van der Waals surface area contributed by atoms with Crippen LogP contribution < -0.4 is 5.32 Å². The molecule has 142 valence electrons. The van der Waals surface area contributed by atoms with E-state index >= 15 is 0 Å². The SMILES string of the molecule is O=C1NC(=O)[C@H](c2cn3c4c(cccc24)CCC3)[C@H]1c1c[nH]c2ccccc12.[HH].[HH]. The Kier molecular flexibility index (Phi) is 3.13. The van der Waals surface area contributed by atoms with Crippen molar-refractivity contribution in [2.45, 2.75) is 31.2 Å². The van der Waals surface area contributed by atoms with Crippen LogP contribution >= 0.6 is 0 Å². The van der Waals surface area contributed by atoms with Gasteiger partial charge in [0.1, 0.15) is 0 Å². The normalized spacial score (nSPS) is 21.6. The minimum Gasteiger partial charge on any atom is -0.361 e. The van der Waals surface area contributed by atoms with Crippen LogP contribution in [0.15, 0.2) is 54.9 Å². The molecule has 2 atom stereocenters. The second kappa shape index (κ2) is 5.58. The van der Waals surface area contributed by atoms with Crippen molar-refractivity contribution >= 4 is 33.6 Å². The number of H-pyrrole nitrogens is 1. The zero-order valence-electron chi connectivity index (χ0n) is 15.2. The van der Waals surface area contributed by atoms with Gasteiger partial charge < -0.3 is 9.55 Å². The molecule has 0 radical (unpaired) electrons. The van der Waals surface area contributed by atoms with Crippen LogP contribution in [-0.2, 0) is 22.6 Å². The van der Waals surface area contributed by atoms with Crippen molar-refractivity contribution in [1.82, 2.24) is 14.9 Å². The molecule has 4 heterocycles. The van der Waals surface area contributed by atoms with E-state index in [9.17, 15) is 9.59 Å². The molecule has 2 N–H and O–H groups in total. The zero-order chi connectivity index (χ0) is 18.8. The van der Waals surface area contributed by atoms with Crippen LogP contribution in [0.1, 0.15) is 37.8 Å². The van der Waals surface area contributed by atoms with Crippen molar-refractivity contribution in [2.24, 2.45) is 0 Å². The molecule has 1 saturated heterocycles. The summed E-state index contributed by atoms with van der Waals surface area (Å²) in [5.41, 5.74) is 5.36. The summed E-state index contributed by atoms with van der Waals surface area (Å²) >= 11 is 0. The molecule has 28 heavy (non-hydrogen) atoms. The Morgan fingerprint density at radius 2 is 1.71 bits per heavy atom. The molecule has 1 fully saturated rings. The van der Waals surface area contributed by atoms with Crippen LogP contribution in [0, 0.1) is 0 Å². The van der Waals surface area contributed by atoms with Crippen molar-refractivity contribution in [2.75, 3.05) is 0 Å². The van der Waals surface area contributed by atoms with Gasteiger partial charge in [-0.05, 0) is 35.6 Å². The summed E-state index contributed by atoms with van der Waals surface area (Å²) in [4.78, 5) is 29.0. The number of hydrogen-bond donors (Lipinski definition) is 2. The van der Waals surface area contributed by atoms with Gasteiger partial charge in [0.05, 0.1) is 17.4 Å². The van der Waals surface area contributed by atoms with E-state index in [1.165, 1.54) is 11.1 Å². The second-order valence-electron chi connectivity index (χ2n) is 7.79. The fourth-order valence-electron chi connectivity index (χ4n) is 5.10. The van der Waals surface area contributed by atoms with Crippen LogP contribution in [0.2, 0.25) is 0 Å². The molecule has 2 aliphatic heterocycles. The predicted octanol–water partition coefficient (Wildman–Crippen LogP) is 4.08. The average Bonchev–Trinajstić information content (AvgIpc) is 3.37. The van der Waals surface area contributed by atoms with Crippen molar-refractivity contribution in [1.29, 1.82) is 0 Å². The first-order valence-corrected chi connectivity index (χ1v) is 9.74. The Morgan fingerprint density at radius 3 is 2.61 bits per heavy atom. The van der Waals surface area contributed by atoms with Gasteiger partial charge in [0.2, 0.25) is 11.8 Å². The van der Waals surface area contributed by atoms with Gasteiger partial charge in [-0.15, -0.1) is 0 Å². The number of fused-ring (bicyclic) bond motifs is 1. The standard InChI is InChI=1S/C23H19N3O2.2H2/c27-22-19(16-11-24-18-9-2-1-7-14(16)18)20(23(28)25-22)17-12-26-10-4-6-13-5-3-8-15(17)21(13)26;;/h1-3,5,7-9,11-12,19-20,24H,4,6,10H2,(H,25,27,28);2*1H/t19-,20-;;/m1../s1. The third-order valence-corrected chi connectivity index (χ3v) is 6.29. The molecule has 2 aromatic carbocycles. The number of rotatable bonds is 2. The number of aryl methyl sites for hydroxylation is 2. The number of benzene rings is 2. The number of aromatic amines is 1. The summed E-state index contributed by atoms with van der Waals surface area (Å²) in [6.45, 7) is 0.952. The van der Waals surface area contributed by atoms with Gasteiger partial charge in [-0.1, -0.05) is 36.4 Å². The van der Waals surface area contributed by atoms with E-state index < -0.39 is 11.8 Å². The summed E-state index contributed by atoms with van der Waals surface area (Å²) in [5.74, 6) is -1.45. The minimum atomic E-state index is -0.521. The highest BCUT2D eigenvalue weighted by atomic mass is 16.2. The maximum atomic E-state index is 12.9. The fraction of sp³-hybridized carbons (Fsp3) is 0.217. The zero-order valence-corrected chi connectivity index (χ0v) is 15.2. The summed E-state index contributed by atoms with van der Waals surface area (Å²) < 4.78 is 2.26. The van der Waals surface area contributed by atoms with Gasteiger partial charge in [0.25, 0.3) is 0 Å². The Hall–Kier alpha value is -3.34. The highest BCUT2D eigenvalue weighted by molar-refractivity contribution is 6.13. The summed E-state index contributed by atoms with van der Waals surface area (Å²) in [6, 6.07) is 14.2. The molecular weight excluding hydrogens is 350 g/mol. The second-order valence-corrected chi connectivity index (χ2v) is 7.79. The molecule has 4 aromatic rings. The molecule has 2 aromatic heterocycles. The Morgan fingerprint density at radius 1 is 0.929 bits per heavy atom. The lowest BCUT2D eigenvalue weighted by atomic mass is 9.83.